The van der Waals surface area contributed by atoms with Crippen LogP contribution in [0.25, 0.3) is 0 Å². The Morgan fingerprint density at radius 3 is 2.25 bits per heavy atom. The van der Waals surface area contributed by atoms with Gasteiger partial charge in [0.05, 0.1) is 5.92 Å². The minimum Gasteiger partial charge on any atom is -0.481 e. The van der Waals surface area contributed by atoms with E-state index in [9.17, 15) is 14.4 Å². The van der Waals surface area contributed by atoms with Gasteiger partial charge in [0.1, 0.15) is 0 Å². The van der Waals surface area contributed by atoms with Crippen molar-refractivity contribution in [3.8, 4) is 0 Å². The summed E-state index contributed by atoms with van der Waals surface area (Å²) in [6, 6.07) is 6.04. The molecule has 0 aliphatic heterocycles. The van der Waals surface area contributed by atoms with E-state index < -0.39 is 11.9 Å². The minimum absolute atomic E-state index is 0.0568. The van der Waals surface area contributed by atoms with E-state index in [1.165, 1.54) is 6.92 Å². The highest BCUT2D eigenvalue weighted by Gasteiger charge is 2.33. The van der Waals surface area contributed by atoms with E-state index in [0.29, 0.717) is 24.0 Å². The summed E-state index contributed by atoms with van der Waals surface area (Å²) in [5.74, 6) is -1.72. The number of ketones is 1. The molecular weight excluding hydrogens is 258 g/mol. The third kappa shape index (κ3) is 3.04. The van der Waals surface area contributed by atoms with Crippen molar-refractivity contribution in [2.45, 2.75) is 32.2 Å². The van der Waals surface area contributed by atoms with Crippen molar-refractivity contribution in [1.82, 2.24) is 5.32 Å². The van der Waals surface area contributed by atoms with E-state index in [1.807, 2.05) is 0 Å². The average molecular weight is 275 g/mol. The summed E-state index contributed by atoms with van der Waals surface area (Å²) in [6.45, 7) is 1.46. The van der Waals surface area contributed by atoms with Crippen molar-refractivity contribution in [2.75, 3.05) is 0 Å². The van der Waals surface area contributed by atoms with Crippen LogP contribution in [-0.4, -0.2) is 28.8 Å². The fourth-order valence-electron chi connectivity index (χ4n) is 2.54. The summed E-state index contributed by atoms with van der Waals surface area (Å²) in [6.07, 6.45) is 2.10. The van der Waals surface area contributed by atoms with Crippen LogP contribution in [0.15, 0.2) is 24.3 Å². The van der Waals surface area contributed by atoms with E-state index in [0.717, 1.165) is 6.42 Å². The Labute approximate surface area is 117 Å². The molecule has 1 amide bonds. The number of Topliss-reactive ketones (excluding diaryl/α,β-unsaturated/α-hetero) is 1. The molecular formula is C15H17NO4. The van der Waals surface area contributed by atoms with Crippen molar-refractivity contribution >= 4 is 17.7 Å². The van der Waals surface area contributed by atoms with Crippen LogP contribution in [0.2, 0.25) is 0 Å². The van der Waals surface area contributed by atoms with Crippen LogP contribution in [0.4, 0.5) is 0 Å². The van der Waals surface area contributed by atoms with Crippen LogP contribution in [-0.2, 0) is 4.79 Å². The van der Waals surface area contributed by atoms with Gasteiger partial charge in [-0.15, -0.1) is 0 Å². The van der Waals surface area contributed by atoms with Gasteiger partial charge in [0.15, 0.2) is 5.78 Å². The lowest BCUT2D eigenvalue weighted by molar-refractivity contribution is -0.142. The standard InChI is InChI=1S/C15H17NO4/c1-9(17)10-5-7-11(8-6-10)14(18)16-13-4-2-3-12(13)15(19)20/h5-8,12-13H,2-4H2,1H3,(H,16,18)(H,19,20)/t12-,13+/m0/s1. The molecule has 1 aliphatic carbocycles. The van der Waals surface area contributed by atoms with Gasteiger partial charge in [-0.2, -0.15) is 0 Å². The van der Waals surface area contributed by atoms with Gasteiger partial charge in [0.2, 0.25) is 0 Å². The fourth-order valence-corrected chi connectivity index (χ4v) is 2.54. The molecule has 1 fully saturated rings. The molecule has 1 aromatic rings. The Bertz CT molecular complexity index is 535. The molecule has 0 bridgehead atoms. The van der Waals surface area contributed by atoms with Crippen LogP contribution >= 0.6 is 0 Å². The maximum Gasteiger partial charge on any atom is 0.308 e. The van der Waals surface area contributed by atoms with Crippen LogP contribution in [0.1, 0.15) is 46.9 Å². The van der Waals surface area contributed by atoms with Gasteiger partial charge in [-0.1, -0.05) is 18.6 Å². The van der Waals surface area contributed by atoms with Crippen molar-refractivity contribution in [3.63, 3.8) is 0 Å². The van der Waals surface area contributed by atoms with Crippen LogP contribution < -0.4 is 5.32 Å². The van der Waals surface area contributed by atoms with Gasteiger partial charge in [0.25, 0.3) is 5.91 Å². The average Bonchev–Trinajstić information content (AvgIpc) is 2.87. The highest BCUT2D eigenvalue weighted by atomic mass is 16.4. The predicted molar refractivity (Wildman–Crippen MR) is 72.7 cm³/mol. The fraction of sp³-hybridized carbons (Fsp3) is 0.400. The third-order valence-corrected chi connectivity index (χ3v) is 3.70. The maximum absolute atomic E-state index is 12.1. The summed E-state index contributed by atoms with van der Waals surface area (Å²) >= 11 is 0. The largest absolute Gasteiger partial charge is 0.481 e. The van der Waals surface area contributed by atoms with Gasteiger partial charge in [-0.25, -0.2) is 0 Å². The molecule has 106 valence electrons. The molecule has 0 radical (unpaired) electrons. The summed E-state index contributed by atoms with van der Waals surface area (Å²) < 4.78 is 0. The second kappa shape index (κ2) is 5.86. The Morgan fingerprint density at radius 1 is 1.10 bits per heavy atom. The number of carbonyl (C=O) groups is 3. The van der Waals surface area contributed by atoms with Gasteiger partial charge in [0, 0.05) is 17.2 Å². The molecule has 2 N–H and O–H groups in total. The number of carboxylic acids is 1. The van der Waals surface area contributed by atoms with E-state index in [4.69, 9.17) is 5.11 Å². The molecule has 2 rings (SSSR count). The number of benzene rings is 1. The van der Waals surface area contributed by atoms with E-state index in [1.54, 1.807) is 24.3 Å². The number of carboxylic acid groups (broad SMARTS) is 1. The lowest BCUT2D eigenvalue weighted by Gasteiger charge is -2.17. The quantitative estimate of drug-likeness (QED) is 0.822. The van der Waals surface area contributed by atoms with Crippen molar-refractivity contribution in [3.05, 3.63) is 35.4 Å². The SMILES string of the molecule is CC(=O)c1ccc(C(=O)N[C@@H]2CCC[C@@H]2C(=O)O)cc1. The molecule has 0 spiro atoms. The molecule has 5 nitrogen and oxygen atoms in total. The molecule has 0 aromatic heterocycles. The number of hydrogen-bond donors (Lipinski definition) is 2. The van der Waals surface area contributed by atoms with E-state index >= 15 is 0 Å². The molecule has 2 atom stereocenters. The van der Waals surface area contributed by atoms with E-state index in [2.05, 4.69) is 5.32 Å². The first-order valence-corrected chi connectivity index (χ1v) is 6.63. The minimum atomic E-state index is -0.861. The molecule has 1 aliphatic rings. The zero-order valence-electron chi connectivity index (χ0n) is 11.3. The van der Waals surface area contributed by atoms with Crippen molar-refractivity contribution in [1.29, 1.82) is 0 Å². The molecule has 20 heavy (non-hydrogen) atoms. The monoisotopic (exact) mass is 275 g/mol. The summed E-state index contributed by atoms with van der Waals surface area (Å²) in [7, 11) is 0. The molecule has 0 saturated heterocycles. The topological polar surface area (TPSA) is 83.5 Å². The zero-order chi connectivity index (χ0) is 14.7. The maximum atomic E-state index is 12.1. The summed E-state index contributed by atoms with van der Waals surface area (Å²) in [4.78, 5) is 34.3. The van der Waals surface area contributed by atoms with Crippen LogP contribution in [0.3, 0.4) is 0 Å². The Morgan fingerprint density at radius 2 is 1.70 bits per heavy atom. The number of carbonyl (C=O) groups excluding carboxylic acids is 2. The summed E-state index contributed by atoms with van der Waals surface area (Å²) in [5.41, 5.74) is 0.983. The van der Waals surface area contributed by atoms with Gasteiger partial charge >= 0.3 is 5.97 Å². The van der Waals surface area contributed by atoms with E-state index in [-0.39, 0.29) is 17.7 Å². The zero-order valence-corrected chi connectivity index (χ0v) is 11.3. The normalized spacial score (nSPS) is 21.4. The third-order valence-electron chi connectivity index (χ3n) is 3.70. The number of nitrogens with one attached hydrogen (secondary N) is 1. The lowest BCUT2D eigenvalue weighted by Crippen LogP contribution is -2.40. The molecule has 0 heterocycles. The van der Waals surface area contributed by atoms with Crippen molar-refractivity contribution < 1.29 is 19.5 Å². The Kier molecular flexibility index (Phi) is 4.17. The molecule has 1 aromatic carbocycles. The number of hydrogen-bond acceptors (Lipinski definition) is 3. The van der Waals surface area contributed by atoms with Crippen LogP contribution in [0, 0.1) is 5.92 Å². The molecule has 1 saturated carbocycles. The Hall–Kier alpha value is -2.17. The first-order valence-electron chi connectivity index (χ1n) is 6.63. The summed E-state index contributed by atoms with van der Waals surface area (Å²) in [5, 5.41) is 11.8. The first-order chi connectivity index (χ1) is 9.49. The number of amides is 1. The first kappa shape index (κ1) is 14.2. The molecule has 5 heteroatoms. The van der Waals surface area contributed by atoms with Gasteiger partial charge < -0.3 is 10.4 Å². The highest BCUT2D eigenvalue weighted by molar-refractivity contribution is 5.98. The second-order valence-corrected chi connectivity index (χ2v) is 5.09. The highest BCUT2D eigenvalue weighted by Crippen LogP contribution is 2.26. The van der Waals surface area contributed by atoms with Crippen LogP contribution in [0.5, 0.6) is 0 Å². The van der Waals surface area contributed by atoms with Crippen molar-refractivity contribution in [2.24, 2.45) is 5.92 Å². The smallest absolute Gasteiger partial charge is 0.308 e. The molecule has 0 unspecified atom stereocenters. The Balaban J connectivity index is 2.04. The van der Waals surface area contributed by atoms with Gasteiger partial charge in [-0.3, -0.25) is 14.4 Å². The predicted octanol–water partition coefficient (Wildman–Crippen LogP) is 1.87. The second-order valence-electron chi connectivity index (χ2n) is 5.09. The number of aliphatic carboxylic acids is 1. The van der Waals surface area contributed by atoms with Gasteiger partial charge in [-0.05, 0) is 31.9 Å². The lowest BCUT2D eigenvalue weighted by atomic mass is 10.0. The number of rotatable bonds is 4.